The third-order valence-corrected chi connectivity index (χ3v) is 0.676. The van der Waals surface area contributed by atoms with Crippen LogP contribution >= 0.6 is 0 Å². The van der Waals surface area contributed by atoms with Crippen LogP contribution in [0.25, 0.3) is 0 Å². The van der Waals surface area contributed by atoms with Gasteiger partial charge in [0.05, 0.1) is 12.1 Å². The van der Waals surface area contributed by atoms with Crippen molar-refractivity contribution >= 4 is 0 Å². The fraction of sp³-hybridized carbons (Fsp3) is 0.333. The van der Waals surface area contributed by atoms with E-state index in [0.717, 1.165) is 0 Å². The van der Waals surface area contributed by atoms with E-state index in [1.165, 1.54) is 6.20 Å². The molecule has 0 unspecified atom stereocenters. The molecule has 0 aliphatic carbocycles. The smallest absolute Gasteiger partial charge is 0.102 e. The molecule has 0 aromatic carbocycles. The van der Waals surface area contributed by atoms with Gasteiger partial charge in [0.1, 0.15) is 6.54 Å². The molecule has 0 aliphatic heterocycles. The summed E-state index contributed by atoms with van der Waals surface area (Å²) in [5.41, 5.74) is 0.574. The molecule has 0 atom stereocenters. The Bertz CT molecular complexity index is 179. The average molecular weight is 121 g/mol. The third kappa shape index (κ3) is 4.37. The molecule has 0 spiro atoms. The SMILES string of the molecule is C/C(C#N)=C/NCC#N. The van der Waals surface area contributed by atoms with Gasteiger partial charge >= 0.3 is 0 Å². The molecular formula is C6H7N3. The largest absolute Gasteiger partial charge is 0.377 e. The van der Waals surface area contributed by atoms with Crippen molar-refractivity contribution in [2.75, 3.05) is 6.54 Å². The molecule has 0 saturated heterocycles. The fourth-order valence-corrected chi connectivity index (χ4v) is 0.282. The van der Waals surface area contributed by atoms with Gasteiger partial charge in [0, 0.05) is 11.8 Å². The topological polar surface area (TPSA) is 59.6 Å². The molecule has 0 bridgehead atoms. The molecular weight excluding hydrogens is 114 g/mol. The number of hydrogen-bond donors (Lipinski definition) is 1. The lowest BCUT2D eigenvalue weighted by atomic mass is 10.4. The Hall–Kier alpha value is -1.48. The van der Waals surface area contributed by atoms with Crippen LogP contribution in [0.5, 0.6) is 0 Å². The molecule has 9 heavy (non-hydrogen) atoms. The first-order valence-electron chi connectivity index (χ1n) is 2.48. The molecule has 0 radical (unpaired) electrons. The number of nitrogens with one attached hydrogen (secondary N) is 1. The van der Waals surface area contributed by atoms with Crippen LogP contribution in [0.3, 0.4) is 0 Å². The van der Waals surface area contributed by atoms with Gasteiger partial charge in [-0.15, -0.1) is 0 Å². The molecule has 3 nitrogen and oxygen atoms in total. The summed E-state index contributed by atoms with van der Waals surface area (Å²) < 4.78 is 0. The predicted molar refractivity (Wildman–Crippen MR) is 33.0 cm³/mol. The van der Waals surface area contributed by atoms with Gasteiger partial charge < -0.3 is 5.32 Å². The highest BCUT2D eigenvalue weighted by Crippen LogP contribution is 1.82. The quantitative estimate of drug-likeness (QED) is 0.329. The van der Waals surface area contributed by atoms with Gasteiger partial charge in [-0.05, 0) is 6.92 Å². The van der Waals surface area contributed by atoms with E-state index in [-0.39, 0.29) is 6.54 Å². The van der Waals surface area contributed by atoms with Gasteiger partial charge in [-0.25, -0.2) is 0 Å². The van der Waals surface area contributed by atoms with Gasteiger partial charge in [0.25, 0.3) is 0 Å². The number of nitrogens with zero attached hydrogens (tertiary/aromatic N) is 2. The standard InChI is InChI=1S/C6H7N3/c1-6(4-8)5-9-3-2-7/h5,9H,3H2,1H3/b6-5-. The summed E-state index contributed by atoms with van der Waals surface area (Å²) in [6, 6.07) is 3.80. The Morgan fingerprint density at radius 2 is 2.33 bits per heavy atom. The summed E-state index contributed by atoms with van der Waals surface area (Å²) in [4.78, 5) is 0. The zero-order valence-corrected chi connectivity index (χ0v) is 5.18. The maximum atomic E-state index is 8.19. The molecule has 1 N–H and O–H groups in total. The Morgan fingerprint density at radius 1 is 1.67 bits per heavy atom. The first kappa shape index (κ1) is 7.52. The van der Waals surface area contributed by atoms with E-state index in [2.05, 4.69) is 5.32 Å². The molecule has 0 heterocycles. The lowest BCUT2D eigenvalue weighted by Gasteiger charge is -1.87. The van der Waals surface area contributed by atoms with E-state index in [9.17, 15) is 0 Å². The van der Waals surface area contributed by atoms with Crippen molar-refractivity contribution < 1.29 is 0 Å². The minimum atomic E-state index is 0.249. The summed E-state index contributed by atoms with van der Waals surface area (Å²) >= 11 is 0. The normalized spacial score (nSPS) is 9.44. The van der Waals surface area contributed by atoms with Gasteiger partial charge in [-0.1, -0.05) is 0 Å². The van der Waals surface area contributed by atoms with E-state index in [1.807, 2.05) is 12.1 Å². The number of nitriles is 2. The molecule has 0 aliphatic rings. The molecule has 0 aromatic rings. The highest BCUT2D eigenvalue weighted by atomic mass is 14.8. The second kappa shape index (κ2) is 4.67. The third-order valence-electron chi connectivity index (χ3n) is 0.676. The zero-order chi connectivity index (χ0) is 7.11. The van der Waals surface area contributed by atoms with Crippen LogP contribution in [0.15, 0.2) is 11.8 Å². The molecule has 0 rings (SSSR count). The summed E-state index contributed by atoms with van der Waals surface area (Å²) in [5, 5.41) is 18.9. The Labute approximate surface area is 54.2 Å². The van der Waals surface area contributed by atoms with Crippen LogP contribution < -0.4 is 5.32 Å². The summed E-state index contributed by atoms with van der Waals surface area (Å²) in [7, 11) is 0. The minimum absolute atomic E-state index is 0.249. The molecule has 0 fully saturated rings. The summed E-state index contributed by atoms with van der Waals surface area (Å²) in [6.07, 6.45) is 1.52. The van der Waals surface area contributed by atoms with Crippen LogP contribution in [0.4, 0.5) is 0 Å². The Morgan fingerprint density at radius 3 is 2.78 bits per heavy atom. The lowest BCUT2D eigenvalue weighted by molar-refractivity contribution is 0.983. The Kier molecular flexibility index (Phi) is 3.90. The van der Waals surface area contributed by atoms with Crippen molar-refractivity contribution in [2.24, 2.45) is 0 Å². The highest BCUT2D eigenvalue weighted by Gasteiger charge is 1.79. The Balaban J connectivity index is 3.50. The van der Waals surface area contributed by atoms with E-state index in [4.69, 9.17) is 10.5 Å². The minimum Gasteiger partial charge on any atom is -0.377 e. The van der Waals surface area contributed by atoms with E-state index >= 15 is 0 Å². The predicted octanol–water partition coefficient (Wildman–Crippen LogP) is 0.527. The lowest BCUT2D eigenvalue weighted by Crippen LogP contribution is -2.04. The first-order chi connectivity index (χ1) is 4.31. The highest BCUT2D eigenvalue weighted by molar-refractivity contribution is 5.16. The molecule has 0 amide bonds. The fourth-order valence-electron chi connectivity index (χ4n) is 0.282. The van der Waals surface area contributed by atoms with Crippen LogP contribution in [0.2, 0.25) is 0 Å². The van der Waals surface area contributed by atoms with Crippen molar-refractivity contribution in [3.8, 4) is 12.1 Å². The molecule has 46 valence electrons. The van der Waals surface area contributed by atoms with Crippen molar-refractivity contribution in [3.05, 3.63) is 11.8 Å². The van der Waals surface area contributed by atoms with E-state index in [1.54, 1.807) is 6.92 Å². The van der Waals surface area contributed by atoms with Gasteiger partial charge in [0.15, 0.2) is 0 Å². The average Bonchev–Trinajstić information content (AvgIpc) is 1.89. The van der Waals surface area contributed by atoms with Crippen molar-refractivity contribution in [2.45, 2.75) is 6.92 Å². The number of allylic oxidation sites excluding steroid dienone is 1. The maximum absolute atomic E-state index is 8.19. The van der Waals surface area contributed by atoms with Crippen molar-refractivity contribution in [1.29, 1.82) is 10.5 Å². The van der Waals surface area contributed by atoms with Crippen LogP contribution in [-0.2, 0) is 0 Å². The monoisotopic (exact) mass is 121 g/mol. The van der Waals surface area contributed by atoms with Crippen LogP contribution in [-0.4, -0.2) is 6.54 Å². The van der Waals surface area contributed by atoms with E-state index in [0.29, 0.717) is 5.57 Å². The van der Waals surface area contributed by atoms with Gasteiger partial charge in [-0.3, -0.25) is 0 Å². The number of rotatable bonds is 2. The second-order valence-corrected chi connectivity index (χ2v) is 1.48. The van der Waals surface area contributed by atoms with Gasteiger partial charge in [-0.2, -0.15) is 10.5 Å². The van der Waals surface area contributed by atoms with Gasteiger partial charge in [0.2, 0.25) is 0 Å². The number of hydrogen-bond acceptors (Lipinski definition) is 3. The second-order valence-electron chi connectivity index (χ2n) is 1.48. The molecule has 3 heteroatoms. The van der Waals surface area contributed by atoms with Crippen molar-refractivity contribution in [1.82, 2.24) is 5.32 Å². The van der Waals surface area contributed by atoms with Crippen LogP contribution in [0, 0.1) is 22.7 Å². The molecule has 0 saturated carbocycles. The van der Waals surface area contributed by atoms with Crippen molar-refractivity contribution in [3.63, 3.8) is 0 Å². The first-order valence-corrected chi connectivity index (χ1v) is 2.48. The van der Waals surface area contributed by atoms with E-state index < -0.39 is 0 Å². The molecule has 0 aromatic heterocycles. The van der Waals surface area contributed by atoms with Crippen LogP contribution in [0.1, 0.15) is 6.92 Å². The summed E-state index contributed by atoms with van der Waals surface area (Å²) in [6.45, 7) is 1.92. The zero-order valence-electron chi connectivity index (χ0n) is 5.18. The summed E-state index contributed by atoms with van der Waals surface area (Å²) in [5.74, 6) is 0. The maximum Gasteiger partial charge on any atom is 0.102 e.